The summed E-state index contributed by atoms with van der Waals surface area (Å²) in [6.07, 6.45) is 16.8. The van der Waals surface area contributed by atoms with Crippen molar-refractivity contribution in [2.75, 3.05) is 5.73 Å². The second kappa shape index (κ2) is 22.9. The Labute approximate surface area is 390 Å². The van der Waals surface area contributed by atoms with Gasteiger partial charge in [-0.3, -0.25) is 4.79 Å². The first-order valence-corrected chi connectivity index (χ1v) is 24.4. The maximum absolute atomic E-state index is 13.6. The van der Waals surface area contributed by atoms with E-state index in [0.29, 0.717) is 73.5 Å². The summed E-state index contributed by atoms with van der Waals surface area (Å²) in [6, 6.07) is 28.5. The Hall–Kier alpha value is -5.42. The number of carbonyl (C=O) groups is 1. The molecule has 8 atom stereocenters. The van der Waals surface area contributed by atoms with E-state index in [1.54, 1.807) is 12.3 Å². The van der Waals surface area contributed by atoms with Gasteiger partial charge in [0.25, 0.3) is 0 Å². The quantitative estimate of drug-likeness (QED) is 0.0247. The first-order chi connectivity index (χ1) is 31.9. The summed E-state index contributed by atoms with van der Waals surface area (Å²) in [5.74, 6) is -1.50. The molecule has 0 radical (unpaired) electrons. The van der Waals surface area contributed by atoms with E-state index in [0.717, 1.165) is 60.1 Å². The Morgan fingerprint density at radius 2 is 1.64 bits per heavy atom. The van der Waals surface area contributed by atoms with E-state index in [1.807, 2.05) is 72.8 Å². The number of aromatic nitrogens is 2. The summed E-state index contributed by atoms with van der Waals surface area (Å²) in [4.78, 5) is 20.4. The topological polar surface area (TPSA) is 196 Å². The molecular formula is C56H70N3O7-. The second-order valence-corrected chi connectivity index (χ2v) is 19.5. The number of allylic oxidation sites excluding steroid dienone is 1. The number of aliphatic carboxylic acids is 1. The average molecular weight is 897 g/mol. The number of unbranched alkanes of at least 4 members (excludes halogenated alkanes) is 4. The molecule has 0 unspecified atom stereocenters. The predicted octanol–water partition coefficient (Wildman–Crippen LogP) is 10.2. The van der Waals surface area contributed by atoms with Crippen LogP contribution in [0.3, 0.4) is 0 Å². The van der Waals surface area contributed by atoms with E-state index in [4.69, 9.17) is 5.73 Å². The highest BCUT2D eigenvalue weighted by Crippen LogP contribution is 2.47. The number of aromatic hydroxyl groups is 1. The number of carboxylic acids is 1. The molecule has 5 aromatic rings. The number of nitrogens with two attached hydrogens (primary N) is 1. The number of aromatic amines is 1. The molecule has 0 bridgehead atoms. The van der Waals surface area contributed by atoms with Gasteiger partial charge in [-0.25, -0.2) is 4.98 Å². The number of phenols is 1. The molecule has 10 heteroatoms. The van der Waals surface area contributed by atoms with Crippen molar-refractivity contribution in [1.82, 2.24) is 9.97 Å². The fraction of sp³-hybridized carbons (Fsp3) is 0.464. The zero-order chi connectivity index (χ0) is 46.6. The van der Waals surface area contributed by atoms with E-state index >= 15 is 0 Å². The number of aliphatic hydroxyl groups excluding tert-OH is 2. The zero-order valence-electron chi connectivity index (χ0n) is 38.5. The molecule has 0 saturated heterocycles. The third kappa shape index (κ3) is 12.7. The molecule has 7 rings (SSSR count). The summed E-state index contributed by atoms with van der Waals surface area (Å²) in [5, 5.41) is 69.8. The van der Waals surface area contributed by atoms with Crippen molar-refractivity contribution in [1.29, 1.82) is 0 Å². The number of nitrogens with one attached hydrogen (secondary N) is 1. The molecular weight excluding hydrogens is 827 g/mol. The highest BCUT2D eigenvalue weighted by atomic mass is 16.4. The van der Waals surface area contributed by atoms with Crippen molar-refractivity contribution in [2.45, 2.75) is 134 Å². The van der Waals surface area contributed by atoms with Crippen molar-refractivity contribution >= 4 is 11.8 Å². The molecule has 8 N–H and O–H groups in total. The van der Waals surface area contributed by atoms with Gasteiger partial charge < -0.3 is 41.4 Å². The lowest BCUT2D eigenvalue weighted by Crippen LogP contribution is -2.37. The first kappa shape index (κ1) is 48.5. The molecule has 352 valence electrons. The van der Waals surface area contributed by atoms with Crippen LogP contribution in [-0.4, -0.2) is 59.3 Å². The minimum Gasteiger partial charge on any atom is -0.872 e. The van der Waals surface area contributed by atoms with E-state index in [-0.39, 0.29) is 48.2 Å². The highest BCUT2D eigenvalue weighted by Gasteiger charge is 2.46. The summed E-state index contributed by atoms with van der Waals surface area (Å²) < 4.78 is 0. The minimum atomic E-state index is -1.21. The van der Waals surface area contributed by atoms with Crippen molar-refractivity contribution < 1.29 is 35.4 Å². The number of nitrogens with zero attached hydrogens (tertiary/aromatic N) is 1. The molecule has 1 saturated carbocycles. The molecule has 1 fully saturated rings. The van der Waals surface area contributed by atoms with Gasteiger partial charge in [0.1, 0.15) is 11.6 Å². The normalized spacial score (nSPS) is 22.6. The molecule has 2 aliphatic rings. The van der Waals surface area contributed by atoms with Crippen LogP contribution in [0, 0.1) is 29.6 Å². The van der Waals surface area contributed by atoms with E-state index in [1.165, 1.54) is 25.3 Å². The van der Waals surface area contributed by atoms with Gasteiger partial charge in [0, 0.05) is 28.9 Å². The van der Waals surface area contributed by atoms with Gasteiger partial charge in [-0.15, -0.1) is 5.75 Å². The number of hydrogen-bond donors (Lipinski definition) is 7. The van der Waals surface area contributed by atoms with E-state index in [2.05, 4.69) is 35.1 Å². The number of anilines is 1. The van der Waals surface area contributed by atoms with Gasteiger partial charge in [-0.05, 0) is 141 Å². The molecule has 0 amide bonds. The Kier molecular flexibility index (Phi) is 16.8. The fourth-order valence-electron chi connectivity index (χ4n) is 11.0. The molecule has 2 heterocycles. The molecule has 0 aliphatic heterocycles. The third-order valence-electron chi connectivity index (χ3n) is 14.6. The van der Waals surface area contributed by atoms with Crippen LogP contribution >= 0.6 is 0 Å². The van der Waals surface area contributed by atoms with Crippen LogP contribution in [0.15, 0.2) is 109 Å². The van der Waals surface area contributed by atoms with Gasteiger partial charge in [-0.1, -0.05) is 118 Å². The Bertz CT molecular complexity index is 2350. The Morgan fingerprint density at radius 1 is 0.879 bits per heavy atom. The number of hydrogen-bond acceptors (Lipinski definition) is 8. The molecule has 10 nitrogen and oxygen atoms in total. The van der Waals surface area contributed by atoms with Gasteiger partial charge in [0.2, 0.25) is 0 Å². The fourth-order valence-corrected chi connectivity index (χ4v) is 11.0. The van der Waals surface area contributed by atoms with Crippen molar-refractivity contribution in [2.24, 2.45) is 29.6 Å². The van der Waals surface area contributed by atoms with Crippen LogP contribution < -0.4 is 10.8 Å². The monoisotopic (exact) mass is 897 g/mol. The van der Waals surface area contributed by atoms with Gasteiger partial charge in [-0.2, -0.15) is 0 Å². The summed E-state index contributed by atoms with van der Waals surface area (Å²) in [7, 11) is 0. The average Bonchev–Trinajstić information content (AvgIpc) is 3.86. The zero-order valence-corrected chi connectivity index (χ0v) is 38.5. The predicted molar refractivity (Wildman–Crippen MR) is 260 cm³/mol. The number of nitrogen functional groups attached to an aromatic ring is 1. The number of pyridine rings is 1. The standard InChI is InChI=1S/C56H71N3O7/c1-2-3-7-14-38-21-22-42(51(62)30-38)19-12-6-13-20-46(55(64)65)50(61)23-25-56(66)36-40(27-39-24-26-58-53(57)31-39)28-43(56)32-44-33-47(41-17-10-5-11-18-41)54(59-44)49-34-45(60)35-52(63)48(49)29-37-15-8-4-9-16-37/h4-5,8-11,15-18,21-22,24,26,31,33-35,38,40,42-43,46,50-51,59-63,66H,2-3,6-7,12-14,19-20,23,25,27-30,32,36H2,1H3,(H2,57,58)(H,64,65)/p-1/t38-,40-,42-,43+,46+,50-,51-,56+/m1/s1. The first-order valence-electron chi connectivity index (χ1n) is 24.4. The van der Waals surface area contributed by atoms with Crippen molar-refractivity contribution in [3.63, 3.8) is 0 Å². The van der Waals surface area contributed by atoms with Crippen molar-refractivity contribution in [3.8, 4) is 33.9 Å². The van der Waals surface area contributed by atoms with E-state index < -0.39 is 23.6 Å². The number of aliphatic hydroxyl groups is 3. The van der Waals surface area contributed by atoms with Gasteiger partial charge in [0.05, 0.1) is 29.4 Å². The van der Waals surface area contributed by atoms with E-state index in [9.17, 15) is 35.4 Å². The SMILES string of the molecule is CCCCC[C@@H]1C=C[C@@H](CCCCC[C@H](C(=O)O)[C@H](O)CC[C@]2(O)C[C@H](Cc3ccnc(N)c3)C[C@H]2Cc2cc(-c3ccccc3)c(-c3cc(O)cc([O-])c3Cc3ccccc3)[nH]2)[C@H](O)C1. The Morgan fingerprint density at radius 3 is 2.36 bits per heavy atom. The molecule has 66 heavy (non-hydrogen) atoms. The highest BCUT2D eigenvalue weighted by molar-refractivity contribution is 5.85. The molecule has 2 aliphatic carbocycles. The van der Waals surface area contributed by atoms with Crippen LogP contribution in [-0.2, 0) is 24.1 Å². The largest absolute Gasteiger partial charge is 0.872 e. The van der Waals surface area contributed by atoms with Gasteiger partial charge >= 0.3 is 5.97 Å². The van der Waals surface area contributed by atoms with Crippen LogP contribution in [0.1, 0.15) is 119 Å². The van der Waals surface area contributed by atoms with Crippen LogP contribution in [0.4, 0.5) is 5.82 Å². The summed E-state index contributed by atoms with van der Waals surface area (Å²) >= 11 is 0. The third-order valence-corrected chi connectivity index (χ3v) is 14.6. The lowest BCUT2D eigenvalue weighted by atomic mass is 9.80. The summed E-state index contributed by atoms with van der Waals surface area (Å²) in [6.45, 7) is 2.20. The molecule has 0 spiro atoms. The number of H-pyrrole nitrogens is 1. The Balaban J connectivity index is 1.07. The maximum Gasteiger partial charge on any atom is 0.309 e. The summed E-state index contributed by atoms with van der Waals surface area (Å²) in [5.41, 5.74) is 11.4. The molecule has 3 aromatic carbocycles. The number of rotatable bonds is 23. The lowest BCUT2D eigenvalue weighted by Gasteiger charge is -2.32. The second-order valence-electron chi connectivity index (χ2n) is 19.5. The number of phenolic OH excluding ortho intramolecular Hbond substituents is 1. The lowest BCUT2D eigenvalue weighted by molar-refractivity contribution is -0.269. The van der Waals surface area contributed by atoms with Crippen LogP contribution in [0.5, 0.6) is 11.5 Å². The van der Waals surface area contributed by atoms with Crippen molar-refractivity contribution in [3.05, 3.63) is 132 Å². The van der Waals surface area contributed by atoms with Gasteiger partial charge in [0.15, 0.2) is 0 Å². The minimum absolute atomic E-state index is 0.0910. The molecule has 2 aromatic heterocycles. The maximum atomic E-state index is 13.6. The smallest absolute Gasteiger partial charge is 0.309 e. The number of benzene rings is 3. The van der Waals surface area contributed by atoms with Crippen LogP contribution in [0.2, 0.25) is 0 Å². The van der Waals surface area contributed by atoms with Crippen LogP contribution in [0.25, 0.3) is 22.4 Å². The number of carboxylic acid groups (broad SMARTS) is 1.